The summed E-state index contributed by atoms with van der Waals surface area (Å²) < 4.78 is 7.61. The molecule has 2 aromatic carbocycles. The Bertz CT molecular complexity index is 1370. The summed E-state index contributed by atoms with van der Waals surface area (Å²) in [6.45, 7) is 7.20. The zero-order valence-electron chi connectivity index (χ0n) is 19.9. The number of rotatable bonds is 6. The fraction of sp³-hybridized carbons (Fsp3) is 0.259. The van der Waals surface area contributed by atoms with Crippen molar-refractivity contribution in [3.63, 3.8) is 0 Å². The molecule has 35 heavy (non-hydrogen) atoms. The minimum Gasteiger partial charge on any atom is -0.507 e. The SMILES string of the molecule is CCC(=N)c1cc(-c2ccc(-c3ncc(C)s3)n2-c2ccc(N3CCOCC3)cc2)c(O)cc1N. The molecule has 5 rings (SSSR count). The van der Waals surface area contributed by atoms with Gasteiger partial charge in [-0.15, -0.1) is 11.3 Å². The van der Waals surface area contributed by atoms with Crippen LogP contribution in [-0.2, 0) is 4.74 Å². The highest BCUT2D eigenvalue weighted by atomic mass is 32.1. The minimum atomic E-state index is 0.0845. The highest BCUT2D eigenvalue weighted by molar-refractivity contribution is 7.14. The quantitative estimate of drug-likeness (QED) is 0.247. The van der Waals surface area contributed by atoms with Crippen molar-refractivity contribution in [1.29, 1.82) is 5.41 Å². The van der Waals surface area contributed by atoms with Gasteiger partial charge < -0.3 is 30.5 Å². The number of aromatic nitrogens is 2. The van der Waals surface area contributed by atoms with E-state index in [1.165, 1.54) is 0 Å². The van der Waals surface area contributed by atoms with Gasteiger partial charge in [-0.05, 0) is 55.8 Å². The number of phenolic OH excluding ortho intramolecular Hbond substituents is 1. The molecule has 1 fully saturated rings. The smallest absolute Gasteiger partial charge is 0.140 e. The summed E-state index contributed by atoms with van der Waals surface area (Å²) in [6.07, 6.45) is 2.43. The van der Waals surface area contributed by atoms with Crippen LogP contribution in [0.3, 0.4) is 0 Å². The predicted octanol–water partition coefficient (Wildman–Crippen LogP) is 5.48. The second kappa shape index (κ2) is 9.56. The Kier molecular flexibility index (Phi) is 6.32. The van der Waals surface area contributed by atoms with Crippen molar-refractivity contribution >= 4 is 28.4 Å². The van der Waals surface area contributed by atoms with Gasteiger partial charge in [-0.1, -0.05) is 6.92 Å². The number of hydrogen-bond acceptors (Lipinski definition) is 7. The molecule has 0 amide bonds. The van der Waals surface area contributed by atoms with Crippen LogP contribution >= 0.6 is 11.3 Å². The van der Waals surface area contributed by atoms with E-state index in [2.05, 4.69) is 38.7 Å². The maximum Gasteiger partial charge on any atom is 0.140 e. The van der Waals surface area contributed by atoms with Crippen LogP contribution in [0.15, 0.2) is 54.7 Å². The van der Waals surface area contributed by atoms with Crippen molar-refractivity contribution < 1.29 is 9.84 Å². The Balaban J connectivity index is 1.65. The Morgan fingerprint density at radius 3 is 2.43 bits per heavy atom. The molecule has 0 saturated carbocycles. The Morgan fingerprint density at radius 1 is 1.09 bits per heavy atom. The number of ether oxygens (including phenoxy) is 1. The third-order valence-electron chi connectivity index (χ3n) is 6.33. The zero-order valence-corrected chi connectivity index (χ0v) is 20.7. The lowest BCUT2D eigenvalue weighted by atomic mass is 10.00. The van der Waals surface area contributed by atoms with E-state index in [9.17, 15) is 5.11 Å². The first-order chi connectivity index (χ1) is 17.0. The maximum atomic E-state index is 10.9. The van der Waals surface area contributed by atoms with Crippen molar-refractivity contribution in [2.75, 3.05) is 36.9 Å². The molecule has 0 bridgehead atoms. The number of thiazole rings is 1. The topological polar surface area (TPSA) is 100 Å². The van der Waals surface area contributed by atoms with Crippen LogP contribution in [-0.4, -0.2) is 46.7 Å². The summed E-state index contributed by atoms with van der Waals surface area (Å²) in [6, 6.07) is 15.8. The Hall–Kier alpha value is -3.62. The lowest BCUT2D eigenvalue weighted by Crippen LogP contribution is -2.36. The van der Waals surface area contributed by atoms with Crippen LogP contribution in [0.1, 0.15) is 23.8 Å². The highest BCUT2D eigenvalue weighted by Crippen LogP contribution is 2.39. The van der Waals surface area contributed by atoms with E-state index in [-0.39, 0.29) is 5.75 Å². The second-order valence-electron chi connectivity index (χ2n) is 8.62. The fourth-order valence-corrected chi connectivity index (χ4v) is 5.24. The van der Waals surface area contributed by atoms with Crippen molar-refractivity contribution in [3.05, 3.63) is 65.2 Å². The summed E-state index contributed by atoms with van der Waals surface area (Å²) in [4.78, 5) is 8.08. The Labute approximate surface area is 208 Å². The summed E-state index contributed by atoms with van der Waals surface area (Å²) in [5.74, 6) is 0.0845. The van der Waals surface area contributed by atoms with Gasteiger partial charge in [0.2, 0.25) is 0 Å². The van der Waals surface area contributed by atoms with Gasteiger partial charge in [-0.2, -0.15) is 0 Å². The molecule has 3 heterocycles. The van der Waals surface area contributed by atoms with Crippen molar-refractivity contribution in [3.8, 4) is 33.4 Å². The van der Waals surface area contributed by atoms with Crippen molar-refractivity contribution in [2.45, 2.75) is 20.3 Å². The van der Waals surface area contributed by atoms with Crippen LogP contribution in [0.2, 0.25) is 0 Å². The van der Waals surface area contributed by atoms with E-state index < -0.39 is 0 Å². The van der Waals surface area contributed by atoms with E-state index >= 15 is 0 Å². The first kappa shape index (κ1) is 23.1. The molecule has 180 valence electrons. The molecular weight excluding hydrogens is 458 g/mol. The number of morpholine rings is 1. The van der Waals surface area contributed by atoms with Crippen LogP contribution in [0.4, 0.5) is 11.4 Å². The molecule has 4 aromatic rings. The summed E-state index contributed by atoms with van der Waals surface area (Å²) in [7, 11) is 0. The molecule has 7 nitrogen and oxygen atoms in total. The van der Waals surface area contributed by atoms with Gasteiger partial charge in [-0.3, -0.25) is 0 Å². The molecule has 4 N–H and O–H groups in total. The van der Waals surface area contributed by atoms with Crippen molar-refractivity contribution in [1.82, 2.24) is 9.55 Å². The van der Waals surface area contributed by atoms with Crippen LogP contribution in [0, 0.1) is 12.3 Å². The number of nitrogens with zero attached hydrogens (tertiary/aromatic N) is 3. The molecule has 0 spiro atoms. The lowest BCUT2D eigenvalue weighted by molar-refractivity contribution is 0.122. The summed E-state index contributed by atoms with van der Waals surface area (Å²) in [5.41, 5.74) is 12.1. The number of aryl methyl sites for hydroxylation is 1. The maximum absolute atomic E-state index is 10.9. The second-order valence-corrected chi connectivity index (χ2v) is 9.85. The lowest BCUT2D eigenvalue weighted by Gasteiger charge is -2.29. The molecule has 0 unspecified atom stereocenters. The third-order valence-corrected chi connectivity index (χ3v) is 7.26. The van der Waals surface area contributed by atoms with Crippen molar-refractivity contribution in [2.24, 2.45) is 0 Å². The van der Waals surface area contributed by atoms with Crippen LogP contribution in [0.25, 0.3) is 27.6 Å². The number of hydrogen-bond donors (Lipinski definition) is 3. The summed E-state index contributed by atoms with van der Waals surface area (Å²) in [5, 5.41) is 20.1. The first-order valence-corrected chi connectivity index (χ1v) is 12.6. The van der Waals surface area contributed by atoms with Gasteiger partial charge in [0.15, 0.2) is 0 Å². The zero-order chi connectivity index (χ0) is 24.5. The largest absolute Gasteiger partial charge is 0.507 e. The van der Waals surface area contributed by atoms with Gasteiger partial charge in [-0.25, -0.2) is 4.98 Å². The monoisotopic (exact) mass is 487 g/mol. The molecule has 1 aliphatic heterocycles. The molecule has 1 aliphatic rings. The van der Waals surface area contributed by atoms with Gasteiger partial charge in [0.05, 0.1) is 24.6 Å². The third kappa shape index (κ3) is 4.42. The number of nitrogen functional groups attached to an aromatic ring is 1. The van der Waals surface area contributed by atoms with E-state index in [1.54, 1.807) is 17.4 Å². The van der Waals surface area contributed by atoms with Crippen LogP contribution < -0.4 is 10.6 Å². The Morgan fingerprint density at radius 2 is 1.77 bits per heavy atom. The molecule has 1 saturated heterocycles. The normalized spacial score (nSPS) is 13.8. The number of phenols is 1. The molecule has 0 radical (unpaired) electrons. The molecule has 0 atom stereocenters. The van der Waals surface area contributed by atoms with E-state index in [0.717, 1.165) is 59.0 Å². The van der Waals surface area contributed by atoms with E-state index in [4.69, 9.17) is 15.9 Å². The van der Waals surface area contributed by atoms with Gasteiger partial charge >= 0.3 is 0 Å². The molecule has 8 heteroatoms. The molecular formula is C27H29N5O2S. The minimum absolute atomic E-state index is 0.0845. The van der Waals surface area contributed by atoms with E-state index in [1.807, 2.05) is 38.2 Å². The number of nitrogens with two attached hydrogens (primary N) is 1. The summed E-state index contributed by atoms with van der Waals surface area (Å²) >= 11 is 1.63. The number of benzene rings is 2. The van der Waals surface area contributed by atoms with Gasteiger partial charge in [0.25, 0.3) is 0 Å². The fourth-order valence-electron chi connectivity index (χ4n) is 4.46. The highest BCUT2D eigenvalue weighted by Gasteiger charge is 2.20. The standard InChI is InChI=1S/C27H29N5O2S/c1-3-22(28)20-14-21(26(33)15-23(20)29)24-8-9-25(27-30-16-17(2)35-27)32(24)19-6-4-18(5-7-19)31-10-12-34-13-11-31/h4-9,14-16,28,33H,3,10-13,29H2,1-2H3. The first-order valence-electron chi connectivity index (χ1n) is 11.7. The average Bonchev–Trinajstić information content (AvgIpc) is 3.50. The predicted molar refractivity (Wildman–Crippen MR) is 143 cm³/mol. The average molecular weight is 488 g/mol. The van der Waals surface area contributed by atoms with E-state index in [0.29, 0.717) is 28.9 Å². The van der Waals surface area contributed by atoms with Crippen LogP contribution in [0.5, 0.6) is 5.75 Å². The number of aromatic hydroxyl groups is 1. The molecule has 0 aliphatic carbocycles. The van der Waals surface area contributed by atoms with Gasteiger partial charge in [0, 0.05) is 64.1 Å². The molecule has 2 aromatic heterocycles. The number of nitrogens with one attached hydrogen (secondary N) is 1. The number of anilines is 2. The van der Waals surface area contributed by atoms with Gasteiger partial charge in [0.1, 0.15) is 10.8 Å².